The van der Waals surface area contributed by atoms with Crippen molar-refractivity contribution in [1.29, 1.82) is 0 Å². The minimum Gasteiger partial charge on any atom is -0.497 e. The van der Waals surface area contributed by atoms with Gasteiger partial charge in [0, 0.05) is 16.9 Å². The van der Waals surface area contributed by atoms with Gasteiger partial charge >= 0.3 is 0 Å². The van der Waals surface area contributed by atoms with Crippen LogP contribution in [0.5, 0.6) is 5.75 Å². The van der Waals surface area contributed by atoms with Crippen LogP contribution < -0.4 is 29.8 Å². The fraction of sp³-hybridized carbons (Fsp3) is 0.227. The van der Waals surface area contributed by atoms with Crippen LogP contribution in [0, 0.1) is 0 Å². The number of hydrogen-bond donors (Lipinski definition) is 1. The number of benzene rings is 2. The number of nitrogens with one attached hydrogen (secondary N) is 1. The molecule has 1 amide bonds. The van der Waals surface area contributed by atoms with E-state index in [-0.39, 0.29) is 11.5 Å². The van der Waals surface area contributed by atoms with Gasteiger partial charge in [-0.05, 0) is 42.3 Å². The lowest BCUT2D eigenvalue weighted by Gasteiger charge is -2.25. The number of rotatable bonds is 3. The molecule has 0 saturated carbocycles. The number of anilines is 2. The van der Waals surface area contributed by atoms with Crippen LogP contribution >= 0.6 is 11.3 Å². The number of thiazole rings is 1. The molecule has 0 saturated heterocycles. The summed E-state index contributed by atoms with van der Waals surface area (Å²) in [6.45, 7) is 2.99. The zero-order chi connectivity index (χ0) is 20.8. The highest BCUT2D eigenvalue weighted by Crippen LogP contribution is 2.33. The Bertz CT molecular complexity index is 1340. The van der Waals surface area contributed by atoms with Crippen molar-refractivity contribution in [3.05, 3.63) is 73.3 Å². The summed E-state index contributed by atoms with van der Waals surface area (Å²) in [5.41, 5.74) is 3.83. The van der Waals surface area contributed by atoms with Crippen molar-refractivity contribution in [2.75, 3.05) is 24.0 Å². The largest absolute Gasteiger partial charge is 0.497 e. The second kappa shape index (κ2) is 7.14. The molecule has 0 fully saturated rings. The molecule has 3 aromatic rings. The second-order valence-electron chi connectivity index (χ2n) is 7.19. The van der Waals surface area contributed by atoms with Crippen LogP contribution in [0.1, 0.15) is 18.1 Å². The Kier molecular flexibility index (Phi) is 4.43. The van der Waals surface area contributed by atoms with E-state index in [9.17, 15) is 9.59 Å². The first kappa shape index (κ1) is 18.6. The predicted octanol–water partition coefficient (Wildman–Crippen LogP) is 1.69. The Hall–Kier alpha value is -3.39. The van der Waals surface area contributed by atoms with E-state index >= 15 is 0 Å². The third-order valence-corrected chi connectivity index (χ3v) is 6.58. The van der Waals surface area contributed by atoms with E-state index in [1.807, 2.05) is 4.90 Å². The van der Waals surface area contributed by atoms with Crippen LogP contribution in [0.2, 0.25) is 0 Å². The Morgan fingerprint density at radius 1 is 1.17 bits per heavy atom. The third kappa shape index (κ3) is 2.91. The Labute approximate surface area is 176 Å². The average molecular weight is 420 g/mol. The molecule has 0 unspecified atom stereocenters. The van der Waals surface area contributed by atoms with Crippen molar-refractivity contribution in [2.45, 2.75) is 20.0 Å². The van der Waals surface area contributed by atoms with Crippen molar-refractivity contribution >= 4 is 34.2 Å². The molecule has 7 nitrogen and oxygen atoms in total. The lowest BCUT2D eigenvalue weighted by atomic mass is 10.1. The summed E-state index contributed by atoms with van der Waals surface area (Å²) in [7, 11) is 1.57. The quantitative estimate of drug-likeness (QED) is 0.700. The number of nitrogens with zero attached hydrogens (tertiary/aromatic N) is 3. The monoisotopic (exact) mass is 420 g/mol. The van der Waals surface area contributed by atoms with E-state index in [4.69, 9.17) is 4.74 Å². The minimum atomic E-state index is -0.276. The fourth-order valence-corrected chi connectivity index (χ4v) is 4.82. The summed E-state index contributed by atoms with van der Waals surface area (Å²) in [4.78, 5) is 33.2. The molecule has 30 heavy (non-hydrogen) atoms. The van der Waals surface area contributed by atoms with Crippen LogP contribution in [0.15, 0.2) is 52.3 Å². The highest BCUT2D eigenvalue weighted by Gasteiger charge is 2.28. The summed E-state index contributed by atoms with van der Waals surface area (Å²) in [6.07, 6.45) is 0.981. The van der Waals surface area contributed by atoms with E-state index < -0.39 is 0 Å². The van der Waals surface area contributed by atoms with Crippen LogP contribution in [0.4, 0.5) is 11.4 Å². The van der Waals surface area contributed by atoms with E-state index in [1.54, 1.807) is 29.9 Å². The van der Waals surface area contributed by atoms with Gasteiger partial charge in [0.1, 0.15) is 23.6 Å². The topological polar surface area (TPSA) is 75.9 Å². The van der Waals surface area contributed by atoms with Gasteiger partial charge < -0.3 is 15.0 Å². The third-order valence-electron chi connectivity index (χ3n) is 5.46. The number of carbonyl (C=O) groups is 1. The smallest absolute Gasteiger partial charge is 0.272 e. The number of fused-ring (bicyclic) bond motifs is 2. The lowest BCUT2D eigenvalue weighted by molar-refractivity contribution is -0.110. The van der Waals surface area contributed by atoms with Gasteiger partial charge in [0.2, 0.25) is 0 Å². The number of carbonyl (C=O) groups excluding carboxylic acids is 1. The lowest BCUT2D eigenvalue weighted by Crippen LogP contribution is -2.43. The molecule has 8 heteroatoms. The van der Waals surface area contributed by atoms with Gasteiger partial charge in [0.05, 0.1) is 12.7 Å². The summed E-state index contributed by atoms with van der Waals surface area (Å²) in [5, 5.41) is 2.84. The number of ether oxygens (including phenoxy) is 1. The summed E-state index contributed by atoms with van der Waals surface area (Å²) in [5.74, 6) is 0.358. The standard InChI is InChI=1S/C22H20N4O3S/c1-3-13-4-6-14(7-5-13)25-11-23-22-26(12-25)21(28)19(30-22)18-16-10-15(29-2)8-9-17(16)24-20(18)27/h4-10H,3,11-12H2,1-2H3,(H,24,27). The molecule has 1 N–H and O–H groups in total. The summed E-state index contributed by atoms with van der Waals surface area (Å²) >= 11 is 1.26. The maximum absolute atomic E-state index is 13.2. The van der Waals surface area contributed by atoms with Gasteiger partial charge in [0.15, 0.2) is 4.80 Å². The van der Waals surface area contributed by atoms with E-state index in [1.165, 1.54) is 16.9 Å². The zero-order valence-corrected chi connectivity index (χ0v) is 17.5. The van der Waals surface area contributed by atoms with Gasteiger partial charge in [-0.3, -0.25) is 14.2 Å². The maximum Gasteiger partial charge on any atom is 0.272 e. The van der Waals surface area contributed by atoms with E-state index in [2.05, 4.69) is 41.5 Å². The highest BCUT2D eigenvalue weighted by atomic mass is 32.1. The van der Waals surface area contributed by atoms with Gasteiger partial charge in [-0.25, -0.2) is 4.99 Å². The first-order valence-corrected chi connectivity index (χ1v) is 10.5. The normalized spacial score (nSPS) is 16.6. The molecule has 152 valence electrons. The molecule has 1 aromatic heterocycles. The number of amides is 1. The van der Waals surface area contributed by atoms with Crippen LogP contribution in [0.25, 0.3) is 5.57 Å². The number of methoxy groups -OCH3 is 1. The van der Waals surface area contributed by atoms with Gasteiger partial charge in [-0.15, -0.1) is 0 Å². The first-order valence-electron chi connectivity index (χ1n) is 9.71. The first-order chi connectivity index (χ1) is 14.6. The van der Waals surface area contributed by atoms with Crippen molar-refractivity contribution in [3.63, 3.8) is 0 Å². The molecular formula is C22H20N4O3S. The van der Waals surface area contributed by atoms with E-state index in [0.29, 0.717) is 45.2 Å². The summed E-state index contributed by atoms with van der Waals surface area (Å²) in [6, 6.07) is 13.6. The van der Waals surface area contributed by atoms with Crippen molar-refractivity contribution in [3.8, 4) is 5.75 Å². The zero-order valence-electron chi connectivity index (χ0n) is 16.6. The van der Waals surface area contributed by atoms with E-state index in [0.717, 1.165) is 12.1 Å². The molecular weight excluding hydrogens is 400 g/mol. The molecule has 0 radical (unpaired) electrons. The van der Waals surface area contributed by atoms with Crippen LogP contribution in [-0.2, 0) is 17.9 Å². The second-order valence-corrected chi connectivity index (χ2v) is 8.17. The van der Waals surface area contributed by atoms with Crippen LogP contribution in [0.3, 0.4) is 0 Å². The maximum atomic E-state index is 13.2. The van der Waals surface area contributed by atoms with Crippen molar-refractivity contribution < 1.29 is 9.53 Å². The summed E-state index contributed by atoms with van der Waals surface area (Å²) < 4.78 is 7.33. The molecule has 2 aromatic carbocycles. The fourth-order valence-electron chi connectivity index (χ4n) is 3.77. The minimum absolute atomic E-state index is 0.200. The molecule has 3 heterocycles. The van der Waals surface area contributed by atoms with Crippen LogP contribution in [-0.4, -0.2) is 24.3 Å². The SMILES string of the molecule is CCc1ccc(N2CN=c3sc(=C4C(=O)Nc5ccc(OC)cc54)c(=O)n3C2)cc1. The number of hydrogen-bond acceptors (Lipinski definition) is 6. The van der Waals surface area contributed by atoms with Gasteiger partial charge in [-0.1, -0.05) is 30.4 Å². The Morgan fingerprint density at radius 3 is 2.70 bits per heavy atom. The Morgan fingerprint density at radius 2 is 1.97 bits per heavy atom. The molecule has 0 aliphatic carbocycles. The molecule has 0 spiro atoms. The highest BCUT2D eigenvalue weighted by molar-refractivity contribution is 7.07. The predicted molar refractivity (Wildman–Crippen MR) is 117 cm³/mol. The molecule has 0 bridgehead atoms. The number of aryl methyl sites for hydroxylation is 1. The van der Waals surface area contributed by atoms with Gasteiger partial charge in [-0.2, -0.15) is 0 Å². The molecule has 2 aliphatic heterocycles. The van der Waals surface area contributed by atoms with Gasteiger partial charge in [0.25, 0.3) is 11.5 Å². The molecule has 2 aliphatic rings. The van der Waals surface area contributed by atoms with Crippen molar-refractivity contribution in [1.82, 2.24) is 4.57 Å². The molecule has 5 rings (SSSR count). The number of aromatic nitrogens is 1. The Balaban J connectivity index is 1.60. The average Bonchev–Trinajstić information content (AvgIpc) is 3.28. The molecule has 0 atom stereocenters. The van der Waals surface area contributed by atoms with Crippen molar-refractivity contribution in [2.24, 2.45) is 4.99 Å².